The van der Waals surface area contributed by atoms with Gasteiger partial charge in [0.25, 0.3) is 5.91 Å². The Kier molecular flexibility index (Phi) is 5.97. The van der Waals surface area contributed by atoms with Gasteiger partial charge in [-0.05, 0) is 49.9 Å². The maximum Gasteiger partial charge on any atom is 0.338 e. The summed E-state index contributed by atoms with van der Waals surface area (Å²) in [5, 5.41) is 2.91. The number of carbonyl (C=O) groups excluding carboxylic acids is 2. The van der Waals surface area contributed by atoms with Crippen LogP contribution in [-0.2, 0) is 9.53 Å². The smallest absolute Gasteiger partial charge is 0.338 e. The Morgan fingerprint density at radius 3 is 2.32 bits per heavy atom. The summed E-state index contributed by atoms with van der Waals surface area (Å²) in [6.07, 6.45) is -0.882. The van der Waals surface area contributed by atoms with Crippen molar-refractivity contribution in [3.8, 4) is 0 Å². The van der Waals surface area contributed by atoms with Crippen molar-refractivity contribution in [3.05, 3.63) is 64.7 Å². The quantitative estimate of drug-likeness (QED) is 0.809. The van der Waals surface area contributed by atoms with Crippen molar-refractivity contribution < 1.29 is 14.3 Å². The highest BCUT2D eigenvalue weighted by Crippen LogP contribution is 2.27. The maximum atomic E-state index is 12.5. The first-order valence-corrected chi connectivity index (χ1v) is 8.47. The lowest BCUT2D eigenvalue weighted by Gasteiger charge is -2.19. The molecule has 1 amide bonds. The average Bonchev–Trinajstić information content (AvgIpc) is 2.56. The largest absolute Gasteiger partial charge is 0.449 e. The number of carbonyl (C=O) groups is 2. The second-order valence-corrected chi connectivity index (χ2v) is 6.60. The van der Waals surface area contributed by atoms with E-state index in [1.807, 2.05) is 38.1 Å². The zero-order chi connectivity index (χ0) is 18.6. The number of esters is 1. The van der Waals surface area contributed by atoms with Gasteiger partial charge < -0.3 is 10.1 Å². The molecule has 0 bridgehead atoms. The lowest BCUT2D eigenvalue weighted by Crippen LogP contribution is -2.30. The summed E-state index contributed by atoms with van der Waals surface area (Å²) in [6.45, 7) is 9.58. The van der Waals surface area contributed by atoms with Gasteiger partial charge in [0, 0.05) is 5.69 Å². The molecular weight excluding hydrogens is 314 g/mol. The van der Waals surface area contributed by atoms with Crippen LogP contribution in [0.2, 0.25) is 0 Å². The van der Waals surface area contributed by atoms with E-state index in [0.29, 0.717) is 5.56 Å². The number of anilines is 1. The van der Waals surface area contributed by atoms with Gasteiger partial charge in [-0.3, -0.25) is 4.79 Å². The zero-order valence-electron chi connectivity index (χ0n) is 15.4. The van der Waals surface area contributed by atoms with Gasteiger partial charge in [-0.1, -0.05) is 49.7 Å². The number of aryl methyl sites for hydroxylation is 2. The molecule has 0 aromatic heterocycles. The van der Waals surface area contributed by atoms with Gasteiger partial charge >= 0.3 is 5.97 Å². The first-order valence-electron chi connectivity index (χ1n) is 8.47. The highest BCUT2D eigenvalue weighted by Gasteiger charge is 2.21. The molecule has 2 rings (SSSR count). The molecule has 1 N–H and O–H groups in total. The minimum absolute atomic E-state index is 0.278. The van der Waals surface area contributed by atoms with E-state index in [1.165, 1.54) is 0 Å². The van der Waals surface area contributed by atoms with E-state index in [4.69, 9.17) is 4.74 Å². The Hall–Kier alpha value is -2.62. The summed E-state index contributed by atoms with van der Waals surface area (Å²) < 4.78 is 5.31. The lowest BCUT2D eigenvalue weighted by atomic mass is 9.98. The van der Waals surface area contributed by atoms with Crippen molar-refractivity contribution in [3.63, 3.8) is 0 Å². The van der Waals surface area contributed by atoms with Crippen LogP contribution >= 0.6 is 0 Å². The van der Waals surface area contributed by atoms with Gasteiger partial charge in [0.2, 0.25) is 0 Å². The second-order valence-electron chi connectivity index (χ2n) is 6.60. The van der Waals surface area contributed by atoms with E-state index < -0.39 is 12.1 Å². The molecule has 0 spiro atoms. The number of para-hydroxylation sites is 1. The summed E-state index contributed by atoms with van der Waals surface area (Å²) >= 11 is 0. The molecule has 4 heteroatoms. The monoisotopic (exact) mass is 339 g/mol. The minimum Gasteiger partial charge on any atom is -0.449 e. The standard InChI is InChI=1S/C21H25NO3/c1-13(2)18-11-7-9-15(4)19(18)22-20(23)16(5)25-21(24)17-10-6-8-14(3)12-17/h6-13,16H,1-5H3,(H,22,23). The molecule has 0 aliphatic rings. The van der Waals surface area contributed by atoms with E-state index in [1.54, 1.807) is 25.1 Å². The average molecular weight is 339 g/mol. The van der Waals surface area contributed by atoms with Crippen molar-refractivity contribution in [2.24, 2.45) is 0 Å². The molecule has 0 heterocycles. The number of hydrogen-bond donors (Lipinski definition) is 1. The molecule has 2 aromatic carbocycles. The minimum atomic E-state index is -0.882. The molecule has 0 saturated heterocycles. The Bertz CT molecular complexity index is 780. The molecule has 0 saturated carbocycles. The highest BCUT2D eigenvalue weighted by molar-refractivity contribution is 5.98. The third-order valence-electron chi connectivity index (χ3n) is 4.08. The summed E-state index contributed by atoms with van der Waals surface area (Å²) in [6, 6.07) is 13.0. The zero-order valence-corrected chi connectivity index (χ0v) is 15.4. The SMILES string of the molecule is Cc1cccc(C(=O)OC(C)C(=O)Nc2c(C)cccc2C(C)C)c1. The fourth-order valence-corrected chi connectivity index (χ4v) is 2.62. The van der Waals surface area contributed by atoms with Crippen LogP contribution in [-0.4, -0.2) is 18.0 Å². The Morgan fingerprint density at radius 1 is 1.00 bits per heavy atom. The van der Waals surface area contributed by atoms with Crippen LogP contribution in [0.25, 0.3) is 0 Å². The Labute approximate surface area is 149 Å². The van der Waals surface area contributed by atoms with Crippen molar-refractivity contribution >= 4 is 17.6 Å². The van der Waals surface area contributed by atoms with Gasteiger partial charge in [0.15, 0.2) is 6.10 Å². The maximum absolute atomic E-state index is 12.5. The van der Waals surface area contributed by atoms with Crippen LogP contribution in [0.3, 0.4) is 0 Å². The third-order valence-corrected chi connectivity index (χ3v) is 4.08. The van der Waals surface area contributed by atoms with Crippen LogP contribution < -0.4 is 5.32 Å². The van der Waals surface area contributed by atoms with Crippen LogP contribution in [0, 0.1) is 13.8 Å². The van der Waals surface area contributed by atoms with Gasteiger partial charge in [0.05, 0.1) is 5.56 Å². The van der Waals surface area contributed by atoms with Crippen LogP contribution in [0.15, 0.2) is 42.5 Å². The van der Waals surface area contributed by atoms with Gasteiger partial charge in [-0.2, -0.15) is 0 Å². The Morgan fingerprint density at radius 2 is 1.68 bits per heavy atom. The van der Waals surface area contributed by atoms with Crippen LogP contribution in [0.5, 0.6) is 0 Å². The summed E-state index contributed by atoms with van der Waals surface area (Å²) in [4.78, 5) is 24.7. The molecule has 4 nitrogen and oxygen atoms in total. The first-order chi connectivity index (χ1) is 11.8. The topological polar surface area (TPSA) is 55.4 Å². The Balaban J connectivity index is 2.10. The number of rotatable bonds is 5. The molecule has 0 radical (unpaired) electrons. The van der Waals surface area contributed by atoms with E-state index in [-0.39, 0.29) is 11.8 Å². The summed E-state index contributed by atoms with van der Waals surface area (Å²) in [5.74, 6) is -0.558. The van der Waals surface area contributed by atoms with Crippen LogP contribution in [0.4, 0.5) is 5.69 Å². The first kappa shape index (κ1) is 18.7. The molecule has 0 fully saturated rings. The van der Waals surface area contributed by atoms with E-state index >= 15 is 0 Å². The molecule has 1 atom stereocenters. The van der Waals surface area contributed by atoms with Crippen molar-refractivity contribution in [2.45, 2.75) is 46.6 Å². The van der Waals surface area contributed by atoms with Gasteiger partial charge in [0.1, 0.15) is 0 Å². The number of nitrogens with one attached hydrogen (secondary N) is 1. The molecule has 0 aliphatic carbocycles. The lowest BCUT2D eigenvalue weighted by molar-refractivity contribution is -0.123. The molecule has 0 aliphatic heterocycles. The normalized spacial score (nSPS) is 11.9. The molecule has 25 heavy (non-hydrogen) atoms. The van der Waals surface area contributed by atoms with E-state index in [9.17, 15) is 9.59 Å². The molecule has 2 aromatic rings. The van der Waals surface area contributed by atoms with Crippen molar-refractivity contribution in [1.29, 1.82) is 0 Å². The van der Waals surface area contributed by atoms with E-state index in [2.05, 4.69) is 19.2 Å². The van der Waals surface area contributed by atoms with Crippen molar-refractivity contribution in [1.82, 2.24) is 0 Å². The molecule has 1 unspecified atom stereocenters. The fourth-order valence-electron chi connectivity index (χ4n) is 2.62. The number of hydrogen-bond acceptors (Lipinski definition) is 3. The van der Waals surface area contributed by atoms with Gasteiger partial charge in [-0.15, -0.1) is 0 Å². The number of amides is 1. The fraction of sp³-hybridized carbons (Fsp3) is 0.333. The van der Waals surface area contributed by atoms with Crippen LogP contribution in [0.1, 0.15) is 53.7 Å². The number of ether oxygens (including phenoxy) is 1. The highest BCUT2D eigenvalue weighted by atomic mass is 16.5. The predicted molar refractivity (Wildman–Crippen MR) is 100.0 cm³/mol. The summed E-state index contributed by atoms with van der Waals surface area (Å²) in [5.41, 5.74) is 4.25. The van der Waals surface area contributed by atoms with Gasteiger partial charge in [-0.25, -0.2) is 4.79 Å². The predicted octanol–water partition coefficient (Wildman–Crippen LogP) is 4.61. The molecule has 132 valence electrons. The molecular formula is C21H25NO3. The number of benzene rings is 2. The third kappa shape index (κ3) is 4.69. The second kappa shape index (κ2) is 7.97. The van der Waals surface area contributed by atoms with E-state index in [0.717, 1.165) is 22.4 Å². The van der Waals surface area contributed by atoms with Crippen molar-refractivity contribution in [2.75, 3.05) is 5.32 Å². The summed E-state index contributed by atoms with van der Waals surface area (Å²) in [7, 11) is 0.